The highest BCUT2D eigenvalue weighted by molar-refractivity contribution is 5.87. The van der Waals surface area contributed by atoms with E-state index in [0.717, 1.165) is 30.7 Å². The van der Waals surface area contributed by atoms with Gasteiger partial charge in [-0.2, -0.15) is 15.4 Å². The molecule has 74 valence electrons. The van der Waals surface area contributed by atoms with Crippen molar-refractivity contribution in [2.24, 2.45) is 0 Å². The average Bonchev–Trinajstić information content (AvgIpc) is 2.64. The summed E-state index contributed by atoms with van der Waals surface area (Å²) in [5.74, 6) is -0.123. The van der Waals surface area contributed by atoms with Crippen molar-refractivity contribution in [2.45, 2.75) is 25.3 Å². The quantitative estimate of drug-likeness (QED) is 0.646. The minimum Gasteiger partial charge on any atom is -0.349 e. The van der Waals surface area contributed by atoms with Crippen LogP contribution < -0.4 is 5.32 Å². The topological polar surface area (TPSA) is 70.7 Å². The van der Waals surface area contributed by atoms with Crippen molar-refractivity contribution in [3.8, 4) is 0 Å². The lowest BCUT2D eigenvalue weighted by atomic mass is 9.96. The molecule has 1 aliphatic rings. The van der Waals surface area contributed by atoms with Crippen LogP contribution in [-0.2, 0) is 17.6 Å². The molecule has 0 fully saturated rings. The molecule has 1 aromatic heterocycles. The number of aryl methyl sites for hydroxylation is 1. The summed E-state index contributed by atoms with van der Waals surface area (Å²) in [7, 11) is 0. The molecule has 1 aliphatic carbocycles. The van der Waals surface area contributed by atoms with Crippen molar-refractivity contribution >= 4 is 5.91 Å². The second-order valence-electron chi connectivity index (χ2n) is 3.37. The first kappa shape index (κ1) is 8.93. The number of carbonyl (C=O) groups is 1. The number of aromatic nitrogens is 3. The van der Waals surface area contributed by atoms with E-state index >= 15 is 0 Å². The van der Waals surface area contributed by atoms with Gasteiger partial charge >= 0.3 is 0 Å². The Hall–Kier alpha value is -1.65. The van der Waals surface area contributed by atoms with E-state index in [1.807, 2.05) is 0 Å². The molecule has 1 unspecified atom stereocenters. The Bertz CT molecular complexity index is 357. The van der Waals surface area contributed by atoms with E-state index in [4.69, 9.17) is 0 Å². The van der Waals surface area contributed by atoms with Crippen LogP contribution in [0.25, 0.3) is 0 Å². The molecule has 5 nitrogen and oxygen atoms in total. The first-order valence-electron chi connectivity index (χ1n) is 4.61. The highest BCUT2D eigenvalue weighted by Gasteiger charge is 2.22. The third kappa shape index (κ3) is 1.66. The lowest BCUT2D eigenvalue weighted by Gasteiger charge is -2.20. The number of nitrogens with one attached hydrogen (secondary N) is 2. The van der Waals surface area contributed by atoms with Gasteiger partial charge in [-0.3, -0.25) is 4.79 Å². The fourth-order valence-corrected chi connectivity index (χ4v) is 1.67. The SMILES string of the molecule is C=CC(=O)NC1CCc2n[nH]nc2C1. The van der Waals surface area contributed by atoms with Crippen molar-refractivity contribution in [3.05, 3.63) is 24.0 Å². The smallest absolute Gasteiger partial charge is 0.243 e. The van der Waals surface area contributed by atoms with Crippen LogP contribution in [0.1, 0.15) is 17.8 Å². The molecule has 0 aliphatic heterocycles. The fraction of sp³-hybridized carbons (Fsp3) is 0.444. The minimum absolute atomic E-state index is 0.123. The largest absolute Gasteiger partial charge is 0.349 e. The summed E-state index contributed by atoms with van der Waals surface area (Å²) in [4.78, 5) is 11.1. The molecular weight excluding hydrogens is 180 g/mol. The zero-order chi connectivity index (χ0) is 9.97. The minimum atomic E-state index is -0.123. The van der Waals surface area contributed by atoms with Gasteiger partial charge in [-0.15, -0.1) is 0 Å². The number of rotatable bonds is 2. The number of hydrogen-bond acceptors (Lipinski definition) is 3. The number of carbonyl (C=O) groups excluding carboxylic acids is 1. The number of hydrogen-bond donors (Lipinski definition) is 2. The van der Waals surface area contributed by atoms with E-state index in [0.29, 0.717) is 0 Å². The Balaban J connectivity index is 2.00. The van der Waals surface area contributed by atoms with Crippen molar-refractivity contribution in [2.75, 3.05) is 0 Å². The van der Waals surface area contributed by atoms with Gasteiger partial charge in [-0.25, -0.2) is 0 Å². The molecule has 0 spiro atoms. The summed E-state index contributed by atoms with van der Waals surface area (Å²) in [5, 5.41) is 13.5. The van der Waals surface area contributed by atoms with E-state index in [2.05, 4.69) is 27.3 Å². The van der Waals surface area contributed by atoms with Crippen LogP contribution in [0.15, 0.2) is 12.7 Å². The first-order valence-corrected chi connectivity index (χ1v) is 4.61. The molecule has 2 rings (SSSR count). The predicted octanol–water partition coefficient (Wildman–Crippen LogP) is -0.0358. The van der Waals surface area contributed by atoms with Crippen LogP contribution in [-0.4, -0.2) is 27.4 Å². The summed E-state index contributed by atoms with van der Waals surface area (Å²) < 4.78 is 0. The molecule has 1 amide bonds. The molecule has 0 aromatic carbocycles. The molecule has 2 N–H and O–H groups in total. The normalized spacial score (nSPS) is 19.9. The van der Waals surface area contributed by atoms with E-state index in [-0.39, 0.29) is 11.9 Å². The second kappa shape index (κ2) is 3.61. The number of aromatic amines is 1. The lowest BCUT2D eigenvalue weighted by Crippen LogP contribution is -2.37. The monoisotopic (exact) mass is 192 g/mol. The van der Waals surface area contributed by atoms with Gasteiger partial charge in [-0.05, 0) is 18.9 Å². The van der Waals surface area contributed by atoms with Gasteiger partial charge in [0.2, 0.25) is 5.91 Å². The highest BCUT2D eigenvalue weighted by atomic mass is 16.1. The maximum absolute atomic E-state index is 11.1. The van der Waals surface area contributed by atoms with Crippen LogP contribution >= 0.6 is 0 Å². The van der Waals surface area contributed by atoms with Gasteiger partial charge in [0.15, 0.2) is 0 Å². The van der Waals surface area contributed by atoms with Gasteiger partial charge in [0.05, 0.1) is 11.4 Å². The van der Waals surface area contributed by atoms with Crippen molar-refractivity contribution in [1.29, 1.82) is 0 Å². The Morgan fingerprint density at radius 2 is 2.36 bits per heavy atom. The maximum atomic E-state index is 11.1. The molecule has 0 bridgehead atoms. The van der Waals surface area contributed by atoms with Crippen LogP contribution in [0, 0.1) is 0 Å². The van der Waals surface area contributed by atoms with E-state index < -0.39 is 0 Å². The van der Waals surface area contributed by atoms with Crippen LogP contribution in [0.5, 0.6) is 0 Å². The molecule has 1 aromatic rings. The molecule has 14 heavy (non-hydrogen) atoms. The Morgan fingerprint density at radius 1 is 1.57 bits per heavy atom. The zero-order valence-corrected chi connectivity index (χ0v) is 7.79. The maximum Gasteiger partial charge on any atom is 0.243 e. The highest BCUT2D eigenvalue weighted by Crippen LogP contribution is 2.16. The molecule has 1 heterocycles. The van der Waals surface area contributed by atoms with Crippen molar-refractivity contribution in [3.63, 3.8) is 0 Å². The Labute approximate surface area is 81.6 Å². The first-order chi connectivity index (χ1) is 6.79. The summed E-state index contributed by atoms with van der Waals surface area (Å²) >= 11 is 0. The number of H-pyrrole nitrogens is 1. The van der Waals surface area contributed by atoms with E-state index in [1.54, 1.807) is 0 Å². The van der Waals surface area contributed by atoms with Crippen LogP contribution in [0.2, 0.25) is 0 Å². The van der Waals surface area contributed by atoms with Gasteiger partial charge in [0.25, 0.3) is 0 Å². The van der Waals surface area contributed by atoms with Gasteiger partial charge in [0.1, 0.15) is 0 Å². The molecule has 1 atom stereocenters. The average molecular weight is 192 g/mol. The lowest BCUT2D eigenvalue weighted by molar-refractivity contribution is -0.117. The second-order valence-corrected chi connectivity index (χ2v) is 3.37. The Morgan fingerprint density at radius 3 is 3.14 bits per heavy atom. The fourth-order valence-electron chi connectivity index (χ4n) is 1.67. The standard InChI is InChI=1S/C9H12N4O/c1-2-9(14)10-6-3-4-7-8(5-6)12-13-11-7/h2,6H,1,3-5H2,(H,10,14)(H,11,12,13). The van der Waals surface area contributed by atoms with E-state index in [9.17, 15) is 4.79 Å². The van der Waals surface area contributed by atoms with Crippen molar-refractivity contribution < 1.29 is 4.79 Å². The van der Waals surface area contributed by atoms with Crippen molar-refractivity contribution in [1.82, 2.24) is 20.7 Å². The Kier molecular flexibility index (Phi) is 2.30. The van der Waals surface area contributed by atoms with Gasteiger partial charge in [0, 0.05) is 12.5 Å². The predicted molar refractivity (Wildman–Crippen MR) is 50.5 cm³/mol. The third-order valence-electron chi connectivity index (χ3n) is 2.40. The van der Waals surface area contributed by atoms with E-state index in [1.165, 1.54) is 6.08 Å². The zero-order valence-electron chi connectivity index (χ0n) is 7.79. The number of fused-ring (bicyclic) bond motifs is 1. The summed E-state index contributed by atoms with van der Waals surface area (Å²) in [5.41, 5.74) is 1.99. The summed E-state index contributed by atoms with van der Waals surface area (Å²) in [6.45, 7) is 3.41. The van der Waals surface area contributed by atoms with Gasteiger partial charge < -0.3 is 5.32 Å². The third-order valence-corrected chi connectivity index (χ3v) is 2.40. The molecular formula is C9H12N4O. The molecule has 0 saturated heterocycles. The number of nitrogens with zero attached hydrogens (tertiary/aromatic N) is 2. The molecule has 0 saturated carbocycles. The number of amides is 1. The summed E-state index contributed by atoms with van der Waals surface area (Å²) in [6, 6.07) is 0.165. The molecule has 5 heteroatoms. The van der Waals surface area contributed by atoms with Crippen LogP contribution in [0.3, 0.4) is 0 Å². The molecule has 0 radical (unpaired) electrons. The van der Waals surface area contributed by atoms with Gasteiger partial charge in [-0.1, -0.05) is 6.58 Å². The summed E-state index contributed by atoms with van der Waals surface area (Å²) in [6.07, 6.45) is 3.83. The van der Waals surface area contributed by atoms with Crippen LogP contribution in [0.4, 0.5) is 0 Å².